The van der Waals surface area contributed by atoms with Crippen molar-refractivity contribution >= 4 is 22.9 Å². The number of nitrogens with two attached hydrogens (primary N) is 1. The van der Waals surface area contributed by atoms with Gasteiger partial charge in [0.15, 0.2) is 5.67 Å². The normalized spacial score (nSPS) is 19.2. The third kappa shape index (κ3) is 4.64. The van der Waals surface area contributed by atoms with Crippen molar-refractivity contribution in [2.24, 2.45) is 0 Å². The molecule has 3 aromatic rings. The van der Waals surface area contributed by atoms with Gasteiger partial charge in [-0.1, -0.05) is 0 Å². The van der Waals surface area contributed by atoms with Crippen LogP contribution >= 0.6 is 0 Å². The van der Waals surface area contributed by atoms with Crippen LogP contribution in [-0.4, -0.2) is 74.2 Å². The second-order valence-electron chi connectivity index (χ2n) is 9.32. The van der Waals surface area contributed by atoms with E-state index in [1.165, 1.54) is 19.2 Å². The van der Waals surface area contributed by atoms with Gasteiger partial charge in [0.05, 0.1) is 18.1 Å². The maximum atomic E-state index is 15.7. The zero-order valence-electron chi connectivity index (χ0n) is 19.7. The van der Waals surface area contributed by atoms with Crippen LogP contribution < -0.4 is 10.5 Å². The molecule has 2 N–H and O–H groups in total. The number of methoxy groups -OCH3 is 1. The standard InChI is InChI=1S/C24H29F2N7O2/c1-35-23-30-19-12-17(25)2-3-20(19)33(23)18-4-8-32(9-5-18)21(34)24(26)6-10-31(11-7-24)15-16-13-28-22(27)29-14-16/h2-3,12-14,18H,4-11,15H2,1H3,(H2,27,28,29). The van der Waals surface area contributed by atoms with Gasteiger partial charge in [-0.2, -0.15) is 4.98 Å². The van der Waals surface area contributed by atoms with E-state index in [4.69, 9.17) is 10.5 Å². The average Bonchev–Trinajstić information content (AvgIpc) is 3.24. The number of alkyl halides is 1. The van der Waals surface area contributed by atoms with Crippen molar-refractivity contribution < 1.29 is 18.3 Å². The maximum absolute atomic E-state index is 15.7. The largest absolute Gasteiger partial charge is 0.468 e. The number of nitrogen functional groups attached to an aromatic ring is 1. The Labute approximate surface area is 201 Å². The number of benzene rings is 1. The fourth-order valence-electron chi connectivity index (χ4n) is 5.14. The Hall–Kier alpha value is -3.34. The number of imidazole rings is 1. The first-order chi connectivity index (χ1) is 16.9. The molecule has 2 fully saturated rings. The lowest BCUT2D eigenvalue weighted by molar-refractivity contribution is -0.148. The molecule has 2 aliphatic heterocycles. The molecule has 2 aromatic heterocycles. The van der Waals surface area contributed by atoms with Gasteiger partial charge in [0.1, 0.15) is 5.82 Å². The summed E-state index contributed by atoms with van der Waals surface area (Å²) in [6.45, 7) is 2.47. The number of rotatable bonds is 5. The SMILES string of the molecule is COc1nc2cc(F)ccc2n1C1CCN(C(=O)C2(F)CCN(Cc3cnc(N)nc3)CC2)CC1. The molecule has 35 heavy (non-hydrogen) atoms. The summed E-state index contributed by atoms with van der Waals surface area (Å²) in [6.07, 6.45) is 4.95. The van der Waals surface area contributed by atoms with Gasteiger partial charge in [0.25, 0.3) is 11.9 Å². The number of carbonyl (C=O) groups is 1. The lowest BCUT2D eigenvalue weighted by atomic mass is 9.90. The van der Waals surface area contributed by atoms with E-state index in [1.807, 2.05) is 4.57 Å². The van der Waals surface area contributed by atoms with E-state index in [9.17, 15) is 9.18 Å². The van der Waals surface area contributed by atoms with E-state index >= 15 is 4.39 Å². The second kappa shape index (κ2) is 9.37. The van der Waals surface area contributed by atoms with Crippen LogP contribution in [-0.2, 0) is 11.3 Å². The van der Waals surface area contributed by atoms with E-state index in [0.29, 0.717) is 57.1 Å². The highest BCUT2D eigenvalue weighted by atomic mass is 19.1. The number of anilines is 1. The highest BCUT2D eigenvalue weighted by molar-refractivity contribution is 5.85. The monoisotopic (exact) mass is 485 g/mol. The molecule has 0 unspecified atom stereocenters. The van der Waals surface area contributed by atoms with Crippen molar-refractivity contribution in [2.75, 3.05) is 39.0 Å². The Balaban J connectivity index is 1.20. The van der Waals surface area contributed by atoms with Gasteiger partial charge in [-0.15, -0.1) is 0 Å². The number of aromatic nitrogens is 4. The average molecular weight is 486 g/mol. The van der Waals surface area contributed by atoms with Gasteiger partial charge in [-0.25, -0.2) is 18.7 Å². The number of carbonyl (C=O) groups excluding carboxylic acids is 1. The molecule has 0 bridgehead atoms. The molecule has 186 valence electrons. The lowest BCUT2D eigenvalue weighted by Gasteiger charge is -2.40. The molecule has 1 aromatic carbocycles. The van der Waals surface area contributed by atoms with Crippen molar-refractivity contribution in [3.63, 3.8) is 0 Å². The first-order valence-corrected chi connectivity index (χ1v) is 11.8. The minimum absolute atomic E-state index is 0.0315. The molecule has 0 saturated carbocycles. The maximum Gasteiger partial charge on any atom is 0.297 e. The number of hydrogen-bond donors (Lipinski definition) is 1. The predicted molar refractivity (Wildman–Crippen MR) is 126 cm³/mol. The van der Waals surface area contributed by atoms with Crippen LogP contribution in [0.4, 0.5) is 14.7 Å². The summed E-state index contributed by atoms with van der Waals surface area (Å²) in [4.78, 5) is 29.3. The minimum Gasteiger partial charge on any atom is -0.468 e. The summed E-state index contributed by atoms with van der Waals surface area (Å²) in [5.74, 6) is -0.555. The van der Waals surface area contributed by atoms with E-state index in [1.54, 1.807) is 23.4 Å². The van der Waals surface area contributed by atoms with E-state index in [-0.39, 0.29) is 30.6 Å². The third-order valence-corrected chi connectivity index (χ3v) is 7.08. The van der Waals surface area contributed by atoms with Crippen LogP contribution in [0.1, 0.15) is 37.3 Å². The molecule has 9 nitrogen and oxygen atoms in total. The number of hydrogen-bond acceptors (Lipinski definition) is 7. The Bertz CT molecular complexity index is 1200. The van der Waals surface area contributed by atoms with E-state index < -0.39 is 11.6 Å². The predicted octanol–water partition coefficient (Wildman–Crippen LogP) is 2.72. The number of amides is 1. The summed E-state index contributed by atoms with van der Waals surface area (Å²) >= 11 is 0. The van der Waals surface area contributed by atoms with Crippen LogP contribution in [0.3, 0.4) is 0 Å². The van der Waals surface area contributed by atoms with Crippen molar-refractivity contribution in [1.82, 2.24) is 29.3 Å². The van der Waals surface area contributed by atoms with Gasteiger partial charge < -0.3 is 15.4 Å². The van der Waals surface area contributed by atoms with Gasteiger partial charge in [0.2, 0.25) is 5.95 Å². The Morgan fingerprint density at radius 2 is 1.86 bits per heavy atom. The van der Waals surface area contributed by atoms with Crippen molar-refractivity contribution in [1.29, 1.82) is 0 Å². The Kier molecular flexibility index (Phi) is 6.26. The van der Waals surface area contributed by atoms with Gasteiger partial charge in [-0.05, 0) is 25.0 Å². The summed E-state index contributed by atoms with van der Waals surface area (Å²) in [5, 5.41) is 0. The molecule has 5 rings (SSSR count). The fourth-order valence-corrected chi connectivity index (χ4v) is 5.14. The molecular formula is C24H29F2N7O2. The molecule has 11 heteroatoms. The van der Waals surface area contributed by atoms with Crippen LogP contribution in [0.25, 0.3) is 11.0 Å². The summed E-state index contributed by atoms with van der Waals surface area (Å²) in [6, 6.07) is 4.92. The van der Waals surface area contributed by atoms with Crippen molar-refractivity contribution in [2.45, 2.75) is 43.9 Å². The third-order valence-electron chi connectivity index (χ3n) is 7.08. The van der Waals surface area contributed by atoms with Crippen LogP contribution in [0.5, 0.6) is 6.01 Å². The van der Waals surface area contributed by atoms with Crippen molar-refractivity contribution in [3.8, 4) is 6.01 Å². The van der Waals surface area contributed by atoms with Gasteiger partial charge in [-0.3, -0.25) is 14.3 Å². The highest BCUT2D eigenvalue weighted by Crippen LogP contribution is 2.35. The van der Waals surface area contributed by atoms with Gasteiger partial charge >= 0.3 is 0 Å². The molecule has 0 radical (unpaired) electrons. The number of piperidine rings is 2. The van der Waals surface area contributed by atoms with Gasteiger partial charge in [0, 0.05) is 75.6 Å². The van der Waals surface area contributed by atoms with Crippen LogP contribution in [0, 0.1) is 5.82 Å². The zero-order chi connectivity index (χ0) is 24.6. The van der Waals surface area contributed by atoms with E-state index in [2.05, 4.69) is 19.9 Å². The molecule has 0 spiro atoms. The summed E-state index contributed by atoms with van der Waals surface area (Å²) in [5.41, 5.74) is 5.90. The smallest absolute Gasteiger partial charge is 0.297 e. The fraction of sp³-hybridized carbons (Fsp3) is 0.500. The minimum atomic E-state index is -1.85. The Morgan fingerprint density at radius 1 is 1.17 bits per heavy atom. The highest BCUT2D eigenvalue weighted by Gasteiger charge is 2.45. The first-order valence-electron chi connectivity index (χ1n) is 11.8. The summed E-state index contributed by atoms with van der Waals surface area (Å²) in [7, 11) is 1.53. The quantitative estimate of drug-likeness (QED) is 0.593. The zero-order valence-corrected chi connectivity index (χ0v) is 19.7. The topological polar surface area (TPSA) is 102 Å². The van der Waals surface area contributed by atoms with Crippen LogP contribution in [0.15, 0.2) is 30.6 Å². The lowest BCUT2D eigenvalue weighted by Crippen LogP contribution is -2.53. The second-order valence-corrected chi connectivity index (χ2v) is 9.32. The van der Waals surface area contributed by atoms with Crippen LogP contribution in [0.2, 0.25) is 0 Å². The molecule has 1 amide bonds. The summed E-state index contributed by atoms with van der Waals surface area (Å²) < 4.78 is 36.8. The Morgan fingerprint density at radius 3 is 2.51 bits per heavy atom. The molecule has 2 saturated heterocycles. The van der Waals surface area contributed by atoms with E-state index in [0.717, 1.165) is 11.1 Å². The molecule has 0 aliphatic carbocycles. The molecular weight excluding hydrogens is 456 g/mol. The number of likely N-dealkylation sites (tertiary alicyclic amines) is 2. The number of halogens is 2. The number of fused-ring (bicyclic) bond motifs is 1. The molecule has 4 heterocycles. The molecule has 0 atom stereocenters. The number of nitrogens with zero attached hydrogens (tertiary/aromatic N) is 6. The first kappa shape index (κ1) is 23.4. The number of ether oxygens (including phenoxy) is 1. The van der Waals surface area contributed by atoms with Crippen molar-refractivity contribution in [3.05, 3.63) is 42.0 Å². The molecule has 2 aliphatic rings.